The molecule has 4 rings (SSSR count). The van der Waals surface area contributed by atoms with Gasteiger partial charge in [-0.1, -0.05) is 56.7 Å². The Hall–Kier alpha value is -3.75. The number of unbranched alkanes of at least 4 members (excludes halogenated alkanes) is 7. The van der Waals surface area contributed by atoms with Crippen LogP contribution >= 0.6 is 0 Å². The normalized spacial score (nSPS) is 16.6. The summed E-state index contributed by atoms with van der Waals surface area (Å²) in [5.41, 5.74) is 1.69. The van der Waals surface area contributed by atoms with Crippen molar-refractivity contribution in [2.24, 2.45) is 0 Å². The van der Waals surface area contributed by atoms with Crippen LogP contribution in [0, 0.1) is 0 Å². The quantitative estimate of drug-likeness (QED) is 0.175. The number of imide groups is 1. The molecular weight excluding hydrogens is 534 g/mol. The molecule has 42 heavy (non-hydrogen) atoms. The van der Waals surface area contributed by atoms with Crippen LogP contribution in [0.25, 0.3) is 10.8 Å². The fourth-order valence-electron chi connectivity index (χ4n) is 5.75. The summed E-state index contributed by atoms with van der Waals surface area (Å²) in [5.74, 6) is -1.14. The summed E-state index contributed by atoms with van der Waals surface area (Å²) < 4.78 is 5.33. The van der Waals surface area contributed by atoms with Crippen molar-refractivity contribution in [2.45, 2.75) is 116 Å². The Morgan fingerprint density at radius 2 is 1.60 bits per heavy atom. The Balaban J connectivity index is 1.17. The molecule has 2 aliphatic heterocycles. The van der Waals surface area contributed by atoms with E-state index in [-0.39, 0.29) is 30.1 Å². The van der Waals surface area contributed by atoms with Gasteiger partial charge in [0.05, 0.1) is 5.69 Å². The van der Waals surface area contributed by atoms with Gasteiger partial charge in [-0.15, -0.1) is 0 Å². The second kappa shape index (κ2) is 13.9. The molecular formula is C33H43N3O6. The second-order valence-corrected chi connectivity index (χ2v) is 12.3. The van der Waals surface area contributed by atoms with Gasteiger partial charge in [0.1, 0.15) is 11.6 Å². The molecule has 1 atom stereocenters. The molecule has 0 radical (unpaired) electrons. The van der Waals surface area contributed by atoms with Gasteiger partial charge in [-0.05, 0) is 63.1 Å². The van der Waals surface area contributed by atoms with Gasteiger partial charge in [0.25, 0.3) is 5.91 Å². The van der Waals surface area contributed by atoms with Gasteiger partial charge < -0.3 is 10.1 Å². The number of esters is 1. The third-order valence-corrected chi connectivity index (χ3v) is 7.77. The number of hydrogen-bond acceptors (Lipinski definition) is 6. The van der Waals surface area contributed by atoms with E-state index in [0.717, 1.165) is 67.7 Å². The van der Waals surface area contributed by atoms with Gasteiger partial charge in [0, 0.05) is 36.8 Å². The average Bonchev–Trinajstić information content (AvgIpc) is 3.21. The molecule has 1 fully saturated rings. The van der Waals surface area contributed by atoms with E-state index in [1.165, 1.54) is 4.90 Å². The van der Waals surface area contributed by atoms with Crippen molar-refractivity contribution < 1.29 is 28.7 Å². The second-order valence-electron chi connectivity index (χ2n) is 12.3. The van der Waals surface area contributed by atoms with Crippen LogP contribution in [0.2, 0.25) is 0 Å². The third-order valence-electron chi connectivity index (χ3n) is 7.77. The largest absolute Gasteiger partial charge is 0.460 e. The molecule has 9 nitrogen and oxygen atoms in total. The Morgan fingerprint density at radius 3 is 2.26 bits per heavy atom. The van der Waals surface area contributed by atoms with Crippen LogP contribution in [-0.2, 0) is 30.5 Å². The number of carbonyl (C=O) groups is 5. The van der Waals surface area contributed by atoms with Crippen LogP contribution in [0.5, 0.6) is 0 Å². The maximum absolute atomic E-state index is 13.3. The van der Waals surface area contributed by atoms with E-state index < -0.39 is 17.6 Å². The van der Waals surface area contributed by atoms with Crippen molar-refractivity contribution in [3.05, 3.63) is 41.5 Å². The summed E-state index contributed by atoms with van der Waals surface area (Å²) in [7, 11) is 0. The first-order chi connectivity index (χ1) is 20.0. The first-order valence-corrected chi connectivity index (χ1v) is 15.3. The number of amides is 4. The lowest BCUT2D eigenvalue weighted by atomic mass is 10.00. The van der Waals surface area contributed by atoms with Gasteiger partial charge in [0.15, 0.2) is 0 Å². The van der Waals surface area contributed by atoms with E-state index in [4.69, 9.17) is 4.74 Å². The molecule has 2 N–H and O–H groups in total. The molecule has 0 saturated carbocycles. The zero-order valence-electron chi connectivity index (χ0n) is 25.1. The van der Waals surface area contributed by atoms with Crippen molar-refractivity contribution in [1.29, 1.82) is 0 Å². The molecule has 1 unspecified atom stereocenters. The van der Waals surface area contributed by atoms with Gasteiger partial charge in [0.2, 0.25) is 17.7 Å². The number of carbonyl (C=O) groups excluding carboxylic acids is 5. The molecule has 0 aliphatic carbocycles. The molecule has 0 bridgehead atoms. The van der Waals surface area contributed by atoms with Crippen LogP contribution in [0.3, 0.4) is 0 Å². The van der Waals surface area contributed by atoms with E-state index in [0.29, 0.717) is 37.1 Å². The molecule has 9 heteroatoms. The van der Waals surface area contributed by atoms with E-state index in [2.05, 4.69) is 10.6 Å². The van der Waals surface area contributed by atoms with Gasteiger partial charge in [-0.25, -0.2) is 0 Å². The highest BCUT2D eigenvalue weighted by Gasteiger charge is 2.40. The van der Waals surface area contributed by atoms with Gasteiger partial charge >= 0.3 is 5.97 Å². The number of nitrogens with zero attached hydrogens (tertiary/aromatic N) is 1. The number of ether oxygens (including phenoxy) is 1. The molecule has 2 aromatic rings. The van der Waals surface area contributed by atoms with Crippen molar-refractivity contribution in [2.75, 3.05) is 4.90 Å². The SMILES string of the molecule is CC(C)(C)OC(=O)CCCCCCCCCCC(=O)NCc1ccc2c3c(cccc13)C(=O)N2C1CCC(=O)NC1=O. The number of piperidine rings is 1. The predicted octanol–water partition coefficient (Wildman–Crippen LogP) is 5.46. The summed E-state index contributed by atoms with van der Waals surface area (Å²) in [6.45, 7) is 6.01. The Kier molecular flexibility index (Phi) is 10.4. The molecule has 2 aliphatic rings. The topological polar surface area (TPSA) is 122 Å². The Bertz CT molecular complexity index is 1350. The number of hydrogen-bond donors (Lipinski definition) is 2. The lowest BCUT2D eigenvalue weighted by Crippen LogP contribution is -2.53. The Labute approximate surface area is 247 Å². The van der Waals surface area contributed by atoms with Crippen LogP contribution < -0.4 is 15.5 Å². The van der Waals surface area contributed by atoms with E-state index in [1.54, 1.807) is 6.07 Å². The summed E-state index contributed by atoms with van der Waals surface area (Å²) in [5, 5.41) is 7.02. The number of rotatable bonds is 14. The molecule has 0 spiro atoms. The first-order valence-electron chi connectivity index (χ1n) is 15.3. The zero-order chi connectivity index (χ0) is 30.3. The van der Waals surface area contributed by atoms with E-state index in [9.17, 15) is 24.0 Å². The molecule has 4 amide bonds. The highest BCUT2D eigenvalue weighted by molar-refractivity contribution is 6.27. The van der Waals surface area contributed by atoms with Gasteiger partial charge in [-0.3, -0.25) is 34.2 Å². The smallest absolute Gasteiger partial charge is 0.306 e. The lowest BCUT2D eigenvalue weighted by molar-refractivity contribution is -0.155. The summed E-state index contributed by atoms with van der Waals surface area (Å²) in [6.07, 6.45) is 9.63. The standard InChI is InChI=1S/C33H43N3O6/c1-33(2,3)42-29(39)16-11-9-7-5-4-6-8-10-15-27(37)34-21-22-17-18-25-30-23(22)13-12-14-24(30)32(41)36(25)26-19-20-28(38)35-31(26)40/h12-14,17-18,26H,4-11,15-16,19-21H2,1-3H3,(H,34,37)(H,35,38,40). The van der Waals surface area contributed by atoms with Gasteiger partial charge in [-0.2, -0.15) is 0 Å². The number of anilines is 1. The van der Waals surface area contributed by atoms with E-state index >= 15 is 0 Å². The zero-order valence-corrected chi connectivity index (χ0v) is 25.1. The predicted molar refractivity (Wildman–Crippen MR) is 161 cm³/mol. The monoisotopic (exact) mass is 577 g/mol. The van der Waals surface area contributed by atoms with Crippen molar-refractivity contribution in [3.63, 3.8) is 0 Å². The minimum Gasteiger partial charge on any atom is -0.460 e. The van der Waals surface area contributed by atoms with Crippen LogP contribution in [-0.4, -0.2) is 41.2 Å². The highest BCUT2D eigenvalue weighted by atomic mass is 16.6. The lowest BCUT2D eigenvalue weighted by Gasteiger charge is -2.30. The maximum Gasteiger partial charge on any atom is 0.306 e. The molecule has 2 heterocycles. The number of nitrogens with one attached hydrogen (secondary N) is 2. The summed E-state index contributed by atoms with van der Waals surface area (Å²) in [4.78, 5) is 63.2. The van der Waals surface area contributed by atoms with Crippen molar-refractivity contribution >= 4 is 46.1 Å². The van der Waals surface area contributed by atoms with Crippen LogP contribution in [0.1, 0.15) is 114 Å². The minimum atomic E-state index is -0.722. The Morgan fingerprint density at radius 1 is 0.929 bits per heavy atom. The fraction of sp³-hybridized carbons (Fsp3) is 0.545. The van der Waals surface area contributed by atoms with Crippen LogP contribution in [0.4, 0.5) is 5.69 Å². The highest BCUT2D eigenvalue weighted by Crippen LogP contribution is 2.41. The molecule has 2 aromatic carbocycles. The third kappa shape index (κ3) is 7.95. The van der Waals surface area contributed by atoms with Crippen molar-refractivity contribution in [1.82, 2.24) is 10.6 Å². The minimum absolute atomic E-state index is 0.00152. The van der Waals surface area contributed by atoms with Crippen molar-refractivity contribution in [3.8, 4) is 0 Å². The van der Waals surface area contributed by atoms with E-state index in [1.807, 2.05) is 45.0 Å². The number of benzene rings is 2. The fourth-order valence-corrected chi connectivity index (χ4v) is 5.75. The molecule has 226 valence electrons. The average molecular weight is 578 g/mol. The maximum atomic E-state index is 13.3. The summed E-state index contributed by atoms with van der Waals surface area (Å²) in [6, 6.07) is 8.52. The molecule has 1 saturated heterocycles. The first kappa shape index (κ1) is 31.2. The summed E-state index contributed by atoms with van der Waals surface area (Å²) >= 11 is 0. The molecule has 0 aromatic heterocycles. The van der Waals surface area contributed by atoms with Crippen LogP contribution in [0.15, 0.2) is 30.3 Å².